The number of anilines is 1. The number of aryl methyl sites for hydroxylation is 1. The lowest BCUT2D eigenvalue weighted by molar-refractivity contribution is -0.133. The maximum Gasteiger partial charge on any atom is 0.239 e. The smallest absolute Gasteiger partial charge is 0.239 e. The zero-order valence-electron chi connectivity index (χ0n) is 12.4. The highest BCUT2D eigenvalue weighted by molar-refractivity contribution is 7.13. The molecule has 1 aromatic heterocycles. The molecule has 2 N–H and O–H groups in total. The van der Waals surface area contributed by atoms with Gasteiger partial charge >= 0.3 is 0 Å². The van der Waals surface area contributed by atoms with Crippen molar-refractivity contribution < 1.29 is 9.90 Å². The summed E-state index contributed by atoms with van der Waals surface area (Å²) in [6.07, 6.45) is 0.147. The second-order valence-corrected chi connectivity index (χ2v) is 6.27. The van der Waals surface area contributed by atoms with Crippen LogP contribution in [0.3, 0.4) is 0 Å². The Morgan fingerprint density at radius 2 is 2.05 bits per heavy atom. The van der Waals surface area contributed by atoms with Crippen LogP contribution in [0.1, 0.15) is 12.1 Å². The lowest BCUT2D eigenvalue weighted by Gasteiger charge is -2.35. The van der Waals surface area contributed by atoms with Gasteiger partial charge in [-0.25, -0.2) is 4.98 Å². The first kappa shape index (κ1) is 19.4. The predicted octanol–water partition coefficient (Wildman–Crippen LogP) is 0.667. The van der Waals surface area contributed by atoms with Crippen LogP contribution in [-0.2, 0) is 4.79 Å². The van der Waals surface area contributed by atoms with Gasteiger partial charge in [-0.05, 0) is 13.3 Å². The van der Waals surface area contributed by atoms with E-state index in [0.717, 1.165) is 37.0 Å². The van der Waals surface area contributed by atoms with Crippen molar-refractivity contribution in [3.63, 3.8) is 0 Å². The van der Waals surface area contributed by atoms with Gasteiger partial charge in [-0.15, -0.1) is 36.2 Å². The molecule has 2 saturated heterocycles. The van der Waals surface area contributed by atoms with Crippen LogP contribution in [0.25, 0.3) is 0 Å². The number of carbonyl (C=O) groups excluding carboxylic acids is 1. The van der Waals surface area contributed by atoms with E-state index in [4.69, 9.17) is 0 Å². The van der Waals surface area contributed by atoms with Crippen molar-refractivity contribution in [3.05, 3.63) is 11.1 Å². The fraction of sp³-hybridized carbons (Fsp3) is 0.692. The van der Waals surface area contributed by atoms with E-state index in [1.54, 1.807) is 11.3 Å². The molecule has 126 valence electrons. The van der Waals surface area contributed by atoms with Crippen LogP contribution >= 0.6 is 36.2 Å². The molecule has 1 amide bonds. The van der Waals surface area contributed by atoms with Crippen LogP contribution in [0, 0.1) is 6.92 Å². The summed E-state index contributed by atoms with van der Waals surface area (Å²) in [6.45, 7) is 5.63. The first-order valence-corrected chi connectivity index (χ1v) is 7.89. The van der Waals surface area contributed by atoms with E-state index in [2.05, 4.69) is 20.6 Å². The Kier molecular flexibility index (Phi) is 7.34. The quantitative estimate of drug-likeness (QED) is 0.802. The lowest BCUT2D eigenvalue weighted by atomic mass is 10.1. The molecule has 2 unspecified atom stereocenters. The molecule has 6 nitrogen and oxygen atoms in total. The molecule has 3 rings (SSSR count). The molecule has 0 spiro atoms. The molecule has 2 atom stereocenters. The van der Waals surface area contributed by atoms with Gasteiger partial charge in [-0.2, -0.15) is 0 Å². The Morgan fingerprint density at radius 1 is 1.36 bits per heavy atom. The van der Waals surface area contributed by atoms with Gasteiger partial charge in [-0.1, -0.05) is 0 Å². The van der Waals surface area contributed by atoms with E-state index in [9.17, 15) is 9.90 Å². The maximum atomic E-state index is 12.3. The number of aliphatic hydroxyl groups excluding tert-OH is 1. The molecule has 0 aromatic carbocycles. The minimum absolute atomic E-state index is 0. The van der Waals surface area contributed by atoms with Crippen LogP contribution in [0.2, 0.25) is 0 Å². The van der Waals surface area contributed by atoms with E-state index in [1.807, 2.05) is 11.8 Å². The Bertz CT molecular complexity index is 494. The monoisotopic (exact) mass is 368 g/mol. The summed E-state index contributed by atoms with van der Waals surface area (Å²) in [6, 6.07) is -0.210. The Balaban J connectivity index is 0.00000121. The highest BCUT2D eigenvalue weighted by atomic mass is 35.5. The second-order valence-electron chi connectivity index (χ2n) is 5.43. The molecule has 22 heavy (non-hydrogen) atoms. The second kappa shape index (κ2) is 8.31. The summed E-state index contributed by atoms with van der Waals surface area (Å²) >= 11 is 1.66. The molecular weight excluding hydrogens is 347 g/mol. The first-order chi connectivity index (χ1) is 9.63. The van der Waals surface area contributed by atoms with Gasteiger partial charge in [0.15, 0.2) is 5.13 Å². The average molecular weight is 369 g/mol. The zero-order valence-corrected chi connectivity index (χ0v) is 14.8. The number of piperazine rings is 1. The molecule has 2 aliphatic heterocycles. The topological polar surface area (TPSA) is 68.7 Å². The molecule has 0 radical (unpaired) electrons. The average Bonchev–Trinajstić information content (AvgIpc) is 3.07. The van der Waals surface area contributed by atoms with E-state index in [-0.39, 0.29) is 42.9 Å². The van der Waals surface area contributed by atoms with Crippen molar-refractivity contribution >= 4 is 47.2 Å². The van der Waals surface area contributed by atoms with E-state index >= 15 is 0 Å². The van der Waals surface area contributed by atoms with E-state index < -0.39 is 0 Å². The van der Waals surface area contributed by atoms with Gasteiger partial charge < -0.3 is 20.2 Å². The molecule has 9 heteroatoms. The number of aliphatic hydroxyl groups is 1. The van der Waals surface area contributed by atoms with Crippen LogP contribution in [0.4, 0.5) is 5.13 Å². The van der Waals surface area contributed by atoms with Crippen LogP contribution in [0.5, 0.6) is 0 Å². The lowest BCUT2D eigenvalue weighted by Crippen LogP contribution is -2.53. The Morgan fingerprint density at radius 3 is 2.55 bits per heavy atom. The van der Waals surface area contributed by atoms with Crippen molar-refractivity contribution in [2.75, 3.05) is 37.6 Å². The molecule has 2 aliphatic rings. The van der Waals surface area contributed by atoms with Crippen molar-refractivity contribution in [3.8, 4) is 0 Å². The largest absolute Gasteiger partial charge is 0.392 e. The minimum Gasteiger partial charge on any atom is -0.392 e. The first-order valence-electron chi connectivity index (χ1n) is 7.01. The number of carbonyl (C=O) groups is 1. The summed E-state index contributed by atoms with van der Waals surface area (Å²) in [5.41, 5.74) is 1.05. The highest BCUT2D eigenvalue weighted by Crippen LogP contribution is 2.22. The number of nitrogens with one attached hydrogen (secondary N) is 1. The number of halogens is 2. The number of β-amino-alcohol motifs (C(OH)–C–C–N with tert-alkyl or cyclic N) is 1. The summed E-state index contributed by atoms with van der Waals surface area (Å²) < 4.78 is 0. The fourth-order valence-electron chi connectivity index (χ4n) is 2.73. The Hall–Kier alpha value is -0.600. The third-order valence-electron chi connectivity index (χ3n) is 3.87. The fourth-order valence-corrected chi connectivity index (χ4v) is 3.59. The van der Waals surface area contributed by atoms with Crippen LogP contribution in [-0.4, -0.2) is 65.8 Å². The van der Waals surface area contributed by atoms with Crippen molar-refractivity contribution in [2.24, 2.45) is 0 Å². The van der Waals surface area contributed by atoms with Gasteiger partial charge in [0.2, 0.25) is 5.91 Å². The van der Waals surface area contributed by atoms with Crippen molar-refractivity contribution in [1.82, 2.24) is 15.2 Å². The third kappa shape index (κ3) is 4.23. The third-order valence-corrected chi connectivity index (χ3v) is 4.89. The number of rotatable bonds is 2. The van der Waals surface area contributed by atoms with Gasteiger partial charge in [-0.3, -0.25) is 4.79 Å². The molecular formula is C13H22Cl2N4O2S. The number of hydrogen-bond donors (Lipinski definition) is 2. The number of amides is 1. The highest BCUT2D eigenvalue weighted by Gasteiger charge is 2.32. The summed E-state index contributed by atoms with van der Waals surface area (Å²) in [5, 5.41) is 15.7. The number of aromatic nitrogens is 1. The number of thiazole rings is 1. The number of nitrogens with zero attached hydrogens (tertiary/aromatic N) is 3. The van der Waals surface area contributed by atoms with Gasteiger partial charge in [0.1, 0.15) is 0 Å². The molecule has 3 heterocycles. The maximum absolute atomic E-state index is 12.3. The van der Waals surface area contributed by atoms with Crippen molar-refractivity contribution in [1.29, 1.82) is 0 Å². The minimum atomic E-state index is -0.386. The van der Waals surface area contributed by atoms with Crippen LogP contribution in [0.15, 0.2) is 5.38 Å². The van der Waals surface area contributed by atoms with E-state index in [0.29, 0.717) is 13.0 Å². The standard InChI is InChI=1S/C13H20N4O2S.2ClH/c1-9-8-20-13(15-9)17-4-2-16(3-5-17)12(19)11-6-10(18)7-14-11;;/h8,10-11,14,18H,2-7H2,1H3;2*1H. The normalized spacial score (nSPS) is 24.6. The molecule has 0 aliphatic carbocycles. The van der Waals surface area contributed by atoms with Crippen molar-refractivity contribution in [2.45, 2.75) is 25.5 Å². The van der Waals surface area contributed by atoms with Gasteiger partial charge in [0, 0.05) is 38.1 Å². The molecule has 1 aromatic rings. The number of hydrogen-bond acceptors (Lipinski definition) is 6. The summed E-state index contributed by atoms with van der Waals surface area (Å²) in [5.74, 6) is 0.122. The molecule has 0 bridgehead atoms. The summed E-state index contributed by atoms with van der Waals surface area (Å²) in [7, 11) is 0. The van der Waals surface area contributed by atoms with Gasteiger partial charge in [0.05, 0.1) is 17.8 Å². The molecule has 0 saturated carbocycles. The molecule has 2 fully saturated rings. The summed E-state index contributed by atoms with van der Waals surface area (Å²) in [4.78, 5) is 20.9. The van der Waals surface area contributed by atoms with Gasteiger partial charge in [0.25, 0.3) is 0 Å². The SMILES string of the molecule is Cc1csc(N2CCN(C(=O)C3CC(O)CN3)CC2)n1.Cl.Cl. The predicted molar refractivity (Wildman–Crippen MR) is 92.6 cm³/mol. The van der Waals surface area contributed by atoms with E-state index in [1.165, 1.54) is 0 Å². The van der Waals surface area contributed by atoms with Crippen LogP contribution < -0.4 is 10.2 Å². The zero-order chi connectivity index (χ0) is 14.1. The Labute approximate surface area is 146 Å².